The van der Waals surface area contributed by atoms with E-state index < -0.39 is 23.7 Å². The van der Waals surface area contributed by atoms with Gasteiger partial charge in [0.15, 0.2) is 0 Å². The zero-order valence-electron chi connectivity index (χ0n) is 12.6. The van der Waals surface area contributed by atoms with Crippen LogP contribution in [0.15, 0.2) is 47.1 Å². The fraction of sp³-hybridized carbons (Fsp3) is 0.353. The average molecular weight is 339 g/mol. The van der Waals surface area contributed by atoms with Crippen molar-refractivity contribution in [2.24, 2.45) is 5.92 Å². The van der Waals surface area contributed by atoms with E-state index in [1.165, 1.54) is 12.3 Å². The highest BCUT2D eigenvalue weighted by molar-refractivity contribution is 5.83. The monoisotopic (exact) mass is 339 g/mol. The summed E-state index contributed by atoms with van der Waals surface area (Å²) >= 11 is 0. The maximum atomic E-state index is 12.8. The molecule has 2 N–H and O–H groups in total. The molecule has 0 saturated heterocycles. The Morgan fingerprint density at radius 3 is 2.75 bits per heavy atom. The normalized spacial score (nSPS) is 21.3. The summed E-state index contributed by atoms with van der Waals surface area (Å²) in [5.74, 6) is -0.490. The van der Waals surface area contributed by atoms with Gasteiger partial charge in [0, 0.05) is 5.92 Å². The number of carbonyl (C=O) groups is 1. The lowest BCUT2D eigenvalue weighted by Crippen LogP contribution is -2.32. The minimum absolute atomic E-state index is 0.233. The van der Waals surface area contributed by atoms with Crippen molar-refractivity contribution in [2.75, 3.05) is 6.61 Å². The zero-order valence-corrected chi connectivity index (χ0v) is 12.6. The summed E-state index contributed by atoms with van der Waals surface area (Å²) in [6.45, 7) is -0.319. The molecule has 1 heterocycles. The van der Waals surface area contributed by atoms with Gasteiger partial charge in [-0.05, 0) is 36.1 Å². The number of furan rings is 1. The first kappa shape index (κ1) is 16.6. The van der Waals surface area contributed by atoms with Gasteiger partial charge in [-0.25, -0.2) is 0 Å². The van der Waals surface area contributed by atoms with Crippen molar-refractivity contribution in [3.63, 3.8) is 0 Å². The quantitative estimate of drug-likeness (QED) is 0.879. The SMILES string of the molecule is O=C(NC(CO)c1ccco1)C1CC1c1cccc(C(F)(F)F)c1. The summed E-state index contributed by atoms with van der Waals surface area (Å²) in [6.07, 6.45) is -2.47. The predicted molar refractivity (Wildman–Crippen MR) is 79.0 cm³/mol. The van der Waals surface area contributed by atoms with Crippen LogP contribution in [0.2, 0.25) is 0 Å². The van der Waals surface area contributed by atoms with Gasteiger partial charge >= 0.3 is 6.18 Å². The van der Waals surface area contributed by atoms with Gasteiger partial charge in [-0.2, -0.15) is 13.2 Å². The molecule has 0 bridgehead atoms. The van der Waals surface area contributed by atoms with Gasteiger partial charge in [0.1, 0.15) is 11.8 Å². The summed E-state index contributed by atoms with van der Waals surface area (Å²) in [6, 6.07) is 7.68. The second-order valence-electron chi connectivity index (χ2n) is 5.83. The predicted octanol–water partition coefficient (Wildman–Crippen LogP) is 3.25. The molecule has 1 fully saturated rings. The zero-order chi connectivity index (χ0) is 17.3. The Hall–Kier alpha value is -2.28. The van der Waals surface area contributed by atoms with Gasteiger partial charge in [-0.3, -0.25) is 4.79 Å². The van der Waals surface area contributed by atoms with Gasteiger partial charge in [0.2, 0.25) is 5.91 Å². The van der Waals surface area contributed by atoms with Crippen LogP contribution in [0.4, 0.5) is 13.2 Å². The first-order valence-corrected chi connectivity index (χ1v) is 7.52. The molecule has 3 atom stereocenters. The third kappa shape index (κ3) is 3.46. The molecule has 128 valence electrons. The second kappa shape index (κ2) is 6.32. The van der Waals surface area contributed by atoms with E-state index in [1.54, 1.807) is 18.2 Å². The van der Waals surface area contributed by atoms with Crippen LogP contribution in [0, 0.1) is 5.92 Å². The lowest BCUT2D eigenvalue weighted by atomic mass is 10.0. The standard InChI is InChI=1S/C17H16F3NO3/c18-17(19,20)11-4-1-3-10(7-11)12-8-13(12)16(23)21-14(9-22)15-5-2-6-24-15/h1-7,12-14,22H,8-9H2,(H,21,23). The number of nitrogens with one attached hydrogen (secondary N) is 1. The number of amides is 1. The third-order valence-electron chi connectivity index (χ3n) is 4.16. The molecule has 1 amide bonds. The topological polar surface area (TPSA) is 62.5 Å². The van der Waals surface area contributed by atoms with Crippen LogP contribution < -0.4 is 5.32 Å². The maximum Gasteiger partial charge on any atom is 0.416 e. The minimum atomic E-state index is -4.40. The molecule has 0 aliphatic heterocycles. The number of hydrogen-bond donors (Lipinski definition) is 2. The summed E-state index contributed by atoms with van der Waals surface area (Å²) in [7, 11) is 0. The van der Waals surface area contributed by atoms with Crippen LogP contribution in [-0.2, 0) is 11.0 Å². The molecule has 1 aliphatic rings. The Kier molecular flexibility index (Phi) is 4.36. The summed E-state index contributed by atoms with van der Waals surface area (Å²) < 4.78 is 43.4. The second-order valence-corrected chi connectivity index (χ2v) is 5.83. The number of hydrogen-bond acceptors (Lipinski definition) is 3. The van der Waals surface area contributed by atoms with Crippen molar-refractivity contribution < 1.29 is 27.5 Å². The molecular weight excluding hydrogens is 323 g/mol. The number of rotatable bonds is 5. The van der Waals surface area contributed by atoms with Crippen molar-refractivity contribution in [2.45, 2.75) is 24.6 Å². The van der Waals surface area contributed by atoms with Crippen molar-refractivity contribution >= 4 is 5.91 Å². The lowest BCUT2D eigenvalue weighted by molar-refractivity contribution is -0.137. The van der Waals surface area contributed by atoms with Crippen LogP contribution in [0.3, 0.4) is 0 Å². The smallest absolute Gasteiger partial charge is 0.416 e. The van der Waals surface area contributed by atoms with Gasteiger partial charge < -0.3 is 14.8 Å². The third-order valence-corrected chi connectivity index (χ3v) is 4.16. The molecule has 2 aromatic rings. The molecule has 3 rings (SSSR count). The van der Waals surface area contributed by atoms with Crippen LogP contribution in [0.5, 0.6) is 0 Å². The van der Waals surface area contributed by atoms with Crippen LogP contribution in [0.25, 0.3) is 0 Å². The first-order valence-electron chi connectivity index (χ1n) is 7.52. The molecule has 1 aliphatic carbocycles. The molecule has 1 aromatic carbocycles. The largest absolute Gasteiger partial charge is 0.467 e. The van der Waals surface area contributed by atoms with Crippen LogP contribution in [-0.4, -0.2) is 17.6 Å². The van der Waals surface area contributed by atoms with E-state index in [0.29, 0.717) is 17.7 Å². The van der Waals surface area contributed by atoms with E-state index in [4.69, 9.17) is 4.42 Å². The van der Waals surface area contributed by atoms with E-state index in [-0.39, 0.29) is 18.4 Å². The summed E-state index contributed by atoms with van der Waals surface area (Å²) in [4.78, 5) is 12.2. The number of aliphatic hydroxyl groups excluding tert-OH is 1. The maximum absolute atomic E-state index is 12.8. The Bertz CT molecular complexity index is 712. The number of aliphatic hydroxyl groups is 1. The van der Waals surface area contributed by atoms with Crippen LogP contribution >= 0.6 is 0 Å². The minimum Gasteiger partial charge on any atom is -0.467 e. The fourth-order valence-electron chi connectivity index (χ4n) is 2.77. The highest BCUT2D eigenvalue weighted by atomic mass is 19.4. The van der Waals surface area contributed by atoms with Gasteiger partial charge in [-0.1, -0.05) is 18.2 Å². The molecular formula is C17H16F3NO3. The molecule has 1 aromatic heterocycles. The van der Waals surface area contributed by atoms with Crippen molar-refractivity contribution in [1.82, 2.24) is 5.32 Å². The Balaban J connectivity index is 1.66. The fourth-order valence-corrected chi connectivity index (χ4v) is 2.77. The van der Waals surface area contributed by atoms with Gasteiger partial charge in [0.05, 0.1) is 18.4 Å². The van der Waals surface area contributed by atoms with Crippen LogP contribution in [0.1, 0.15) is 35.3 Å². The summed E-state index contributed by atoms with van der Waals surface area (Å²) in [5, 5.41) is 12.0. The van der Waals surface area contributed by atoms with E-state index >= 15 is 0 Å². The Labute approximate surface area is 136 Å². The van der Waals surface area contributed by atoms with E-state index in [9.17, 15) is 23.1 Å². The molecule has 3 unspecified atom stereocenters. The van der Waals surface area contributed by atoms with Gasteiger partial charge in [-0.15, -0.1) is 0 Å². The highest BCUT2D eigenvalue weighted by Crippen LogP contribution is 2.48. The molecule has 1 saturated carbocycles. The molecule has 7 heteroatoms. The first-order chi connectivity index (χ1) is 11.4. The Morgan fingerprint density at radius 1 is 1.33 bits per heavy atom. The van der Waals surface area contributed by atoms with Crippen molar-refractivity contribution in [1.29, 1.82) is 0 Å². The Morgan fingerprint density at radius 2 is 2.12 bits per heavy atom. The van der Waals surface area contributed by atoms with E-state index in [1.807, 2.05) is 0 Å². The highest BCUT2D eigenvalue weighted by Gasteiger charge is 2.45. The summed E-state index contributed by atoms with van der Waals surface area (Å²) in [5.41, 5.74) is -0.210. The number of benzene rings is 1. The van der Waals surface area contributed by atoms with Crippen molar-refractivity contribution in [3.05, 3.63) is 59.5 Å². The molecule has 0 radical (unpaired) electrons. The number of halogens is 3. The average Bonchev–Trinajstić information content (AvgIpc) is 3.18. The molecule has 0 spiro atoms. The molecule has 24 heavy (non-hydrogen) atoms. The molecule has 4 nitrogen and oxygen atoms in total. The lowest BCUT2D eigenvalue weighted by Gasteiger charge is -2.14. The van der Waals surface area contributed by atoms with Crippen molar-refractivity contribution in [3.8, 4) is 0 Å². The number of alkyl halides is 3. The van der Waals surface area contributed by atoms with Gasteiger partial charge in [0.25, 0.3) is 0 Å². The van der Waals surface area contributed by atoms with E-state index in [2.05, 4.69) is 5.32 Å². The van der Waals surface area contributed by atoms with E-state index in [0.717, 1.165) is 12.1 Å². The number of carbonyl (C=O) groups excluding carboxylic acids is 1.